The molecule has 1 amide bonds. The molecule has 114 valence electrons. The molecule has 1 aromatic carbocycles. The van der Waals surface area contributed by atoms with Crippen LogP contribution in [0.25, 0.3) is 0 Å². The van der Waals surface area contributed by atoms with Gasteiger partial charge in [0.2, 0.25) is 5.91 Å². The molecule has 0 radical (unpaired) electrons. The standard InChI is InChI=1S/C14H16F3N3O/c1-3-8(2)12(19)13(21)20-11-5-4-9(7-18)6-10(11)14(15,16)17/h4-6,8,12H,3,19H2,1-2H3,(H,20,21)/t8-,12-/m0/s1. The maximum Gasteiger partial charge on any atom is 0.418 e. The SMILES string of the molecule is CC[C@H](C)[C@H](N)C(=O)Nc1ccc(C#N)cc1C(F)(F)F. The van der Waals surface area contributed by atoms with E-state index in [2.05, 4.69) is 5.32 Å². The summed E-state index contributed by atoms with van der Waals surface area (Å²) < 4.78 is 38.8. The normalized spacial score (nSPS) is 14.1. The minimum atomic E-state index is -4.67. The number of alkyl halides is 3. The van der Waals surface area contributed by atoms with Crippen LogP contribution in [-0.2, 0) is 11.0 Å². The zero-order chi connectivity index (χ0) is 16.2. The Morgan fingerprint density at radius 3 is 2.57 bits per heavy atom. The van der Waals surface area contributed by atoms with E-state index in [-0.39, 0.29) is 11.5 Å². The highest BCUT2D eigenvalue weighted by Crippen LogP contribution is 2.35. The average Bonchev–Trinajstić information content (AvgIpc) is 2.44. The Bertz CT molecular complexity index is 564. The second kappa shape index (κ2) is 6.59. The van der Waals surface area contributed by atoms with Crippen molar-refractivity contribution in [3.05, 3.63) is 29.3 Å². The van der Waals surface area contributed by atoms with Crippen molar-refractivity contribution >= 4 is 11.6 Å². The van der Waals surface area contributed by atoms with Gasteiger partial charge in [-0.25, -0.2) is 0 Å². The zero-order valence-electron chi connectivity index (χ0n) is 11.7. The van der Waals surface area contributed by atoms with Gasteiger partial charge in [0.25, 0.3) is 0 Å². The molecular formula is C14H16F3N3O. The van der Waals surface area contributed by atoms with Gasteiger partial charge in [-0.2, -0.15) is 18.4 Å². The lowest BCUT2D eigenvalue weighted by molar-refractivity contribution is -0.137. The van der Waals surface area contributed by atoms with E-state index in [0.717, 1.165) is 6.07 Å². The summed E-state index contributed by atoms with van der Waals surface area (Å²) in [5, 5.41) is 10.9. The molecule has 7 heteroatoms. The Morgan fingerprint density at radius 1 is 1.48 bits per heavy atom. The van der Waals surface area contributed by atoms with Gasteiger partial charge >= 0.3 is 6.18 Å². The maximum absolute atomic E-state index is 12.9. The van der Waals surface area contributed by atoms with E-state index in [0.29, 0.717) is 12.5 Å². The summed E-state index contributed by atoms with van der Waals surface area (Å²) in [5.41, 5.74) is 4.09. The molecule has 0 aliphatic heterocycles. The molecule has 1 aromatic rings. The lowest BCUT2D eigenvalue weighted by Crippen LogP contribution is -2.41. The van der Waals surface area contributed by atoms with Crippen molar-refractivity contribution in [2.24, 2.45) is 11.7 Å². The van der Waals surface area contributed by atoms with Crippen LogP contribution in [0.15, 0.2) is 18.2 Å². The van der Waals surface area contributed by atoms with Gasteiger partial charge in [0, 0.05) is 0 Å². The summed E-state index contributed by atoms with van der Waals surface area (Å²) >= 11 is 0. The lowest BCUT2D eigenvalue weighted by atomic mass is 9.99. The largest absolute Gasteiger partial charge is 0.418 e. The summed E-state index contributed by atoms with van der Waals surface area (Å²) in [6.45, 7) is 3.58. The van der Waals surface area contributed by atoms with Gasteiger partial charge in [0.15, 0.2) is 0 Å². The third kappa shape index (κ3) is 4.20. The predicted octanol–water partition coefficient (Wildman–Crippen LogP) is 2.89. The fourth-order valence-electron chi connectivity index (χ4n) is 1.69. The number of halogens is 3. The molecule has 3 N–H and O–H groups in total. The predicted molar refractivity (Wildman–Crippen MR) is 72.2 cm³/mol. The average molecular weight is 299 g/mol. The maximum atomic E-state index is 12.9. The molecule has 0 saturated carbocycles. The van der Waals surface area contributed by atoms with E-state index in [1.54, 1.807) is 13.0 Å². The number of benzene rings is 1. The second-order valence-electron chi connectivity index (χ2n) is 4.77. The number of anilines is 1. The molecule has 0 heterocycles. The van der Waals surface area contributed by atoms with Crippen LogP contribution in [0.3, 0.4) is 0 Å². The number of nitriles is 1. The Labute approximate surface area is 120 Å². The fourth-order valence-corrected chi connectivity index (χ4v) is 1.69. The van der Waals surface area contributed by atoms with Crippen LogP contribution in [0.5, 0.6) is 0 Å². The summed E-state index contributed by atoms with van der Waals surface area (Å²) in [6, 6.07) is 3.70. The molecular weight excluding hydrogens is 283 g/mol. The van der Waals surface area contributed by atoms with Crippen LogP contribution >= 0.6 is 0 Å². The van der Waals surface area contributed by atoms with Gasteiger partial charge in [-0.15, -0.1) is 0 Å². The number of carbonyl (C=O) groups excluding carboxylic acids is 1. The number of hydrogen-bond donors (Lipinski definition) is 2. The van der Waals surface area contributed by atoms with Gasteiger partial charge in [0.05, 0.1) is 28.9 Å². The minimum absolute atomic E-state index is 0.133. The Hall–Kier alpha value is -2.07. The van der Waals surface area contributed by atoms with E-state index in [1.165, 1.54) is 6.07 Å². The monoisotopic (exact) mass is 299 g/mol. The van der Waals surface area contributed by atoms with Crippen molar-refractivity contribution in [2.45, 2.75) is 32.5 Å². The number of amides is 1. The minimum Gasteiger partial charge on any atom is -0.324 e. The molecule has 0 aliphatic carbocycles. The summed E-state index contributed by atoms with van der Waals surface area (Å²) in [4.78, 5) is 11.9. The van der Waals surface area contributed by atoms with Crippen molar-refractivity contribution < 1.29 is 18.0 Å². The summed E-state index contributed by atoms with van der Waals surface area (Å²) in [6.07, 6.45) is -4.04. The molecule has 1 rings (SSSR count). The first-order valence-corrected chi connectivity index (χ1v) is 6.38. The van der Waals surface area contributed by atoms with Crippen molar-refractivity contribution in [1.82, 2.24) is 0 Å². The van der Waals surface area contributed by atoms with Gasteiger partial charge in [-0.1, -0.05) is 20.3 Å². The molecule has 0 unspecified atom stereocenters. The fraction of sp³-hybridized carbons (Fsp3) is 0.429. The first-order chi connectivity index (χ1) is 9.70. The van der Waals surface area contributed by atoms with Gasteiger partial charge in [-0.05, 0) is 24.1 Å². The van der Waals surface area contributed by atoms with E-state index in [4.69, 9.17) is 11.0 Å². The van der Waals surface area contributed by atoms with E-state index in [1.807, 2.05) is 6.92 Å². The Morgan fingerprint density at radius 2 is 2.10 bits per heavy atom. The molecule has 21 heavy (non-hydrogen) atoms. The highest BCUT2D eigenvalue weighted by atomic mass is 19.4. The molecule has 0 bridgehead atoms. The highest BCUT2D eigenvalue weighted by molar-refractivity contribution is 5.95. The molecule has 0 aromatic heterocycles. The molecule has 0 fully saturated rings. The molecule has 0 aliphatic rings. The van der Waals surface area contributed by atoms with Crippen molar-refractivity contribution in [2.75, 3.05) is 5.32 Å². The summed E-state index contributed by atoms with van der Waals surface area (Å²) in [5.74, 6) is -0.836. The van der Waals surface area contributed by atoms with Crippen LogP contribution in [0.2, 0.25) is 0 Å². The highest BCUT2D eigenvalue weighted by Gasteiger charge is 2.34. The van der Waals surface area contributed by atoms with E-state index >= 15 is 0 Å². The smallest absolute Gasteiger partial charge is 0.324 e. The van der Waals surface area contributed by atoms with Gasteiger partial charge in [0.1, 0.15) is 0 Å². The number of nitrogens with one attached hydrogen (secondary N) is 1. The topological polar surface area (TPSA) is 78.9 Å². The Kier molecular flexibility index (Phi) is 5.33. The van der Waals surface area contributed by atoms with Crippen LogP contribution in [0.1, 0.15) is 31.4 Å². The van der Waals surface area contributed by atoms with E-state index < -0.39 is 29.4 Å². The number of hydrogen-bond acceptors (Lipinski definition) is 3. The van der Waals surface area contributed by atoms with Crippen LogP contribution in [-0.4, -0.2) is 11.9 Å². The zero-order valence-corrected chi connectivity index (χ0v) is 11.7. The summed E-state index contributed by atoms with van der Waals surface area (Å²) in [7, 11) is 0. The number of carbonyl (C=O) groups is 1. The third-order valence-corrected chi connectivity index (χ3v) is 3.27. The first-order valence-electron chi connectivity index (χ1n) is 6.38. The molecule has 2 atom stereocenters. The first kappa shape index (κ1) is 17.0. The van der Waals surface area contributed by atoms with Crippen LogP contribution in [0, 0.1) is 17.2 Å². The number of nitrogens with two attached hydrogens (primary N) is 1. The number of nitrogens with zero attached hydrogens (tertiary/aromatic N) is 1. The molecule has 0 spiro atoms. The number of rotatable bonds is 4. The second-order valence-corrected chi connectivity index (χ2v) is 4.77. The third-order valence-electron chi connectivity index (χ3n) is 3.27. The quantitative estimate of drug-likeness (QED) is 0.897. The van der Waals surface area contributed by atoms with Crippen LogP contribution in [0.4, 0.5) is 18.9 Å². The van der Waals surface area contributed by atoms with Crippen molar-refractivity contribution in [1.29, 1.82) is 5.26 Å². The van der Waals surface area contributed by atoms with Crippen molar-refractivity contribution in [3.63, 3.8) is 0 Å². The molecule has 4 nitrogen and oxygen atoms in total. The lowest BCUT2D eigenvalue weighted by Gasteiger charge is -2.19. The Balaban J connectivity index is 3.09. The van der Waals surface area contributed by atoms with Crippen molar-refractivity contribution in [3.8, 4) is 6.07 Å². The van der Waals surface area contributed by atoms with Gasteiger partial charge in [-0.3, -0.25) is 4.79 Å². The van der Waals surface area contributed by atoms with Crippen LogP contribution < -0.4 is 11.1 Å². The molecule has 0 saturated heterocycles. The van der Waals surface area contributed by atoms with E-state index in [9.17, 15) is 18.0 Å². The van der Waals surface area contributed by atoms with Gasteiger partial charge < -0.3 is 11.1 Å².